The van der Waals surface area contributed by atoms with Gasteiger partial charge in [-0.05, 0) is 49.9 Å². The van der Waals surface area contributed by atoms with Crippen LogP contribution in [-0.2, 0) is 0 Å². The van der Waals surface area contributed by atoms with Gasteiger partial charge in [-0.1, -0.05) is 11.3 Å². The molecule has 4 rings (SSSR count). The molecular formula is C18H20FN5S. The third kappa shape index (κ3) is 3.56. The largest absolute Gasteiger partial charge is 0.384 e. The van der Waals surface area contributed by atoms with Crippen molar-refractivity contribution in [2.24, 2.45) is 5.92 Å². The fraction of sp³-hybridized carbons (Fsp3) is 0.389. The number of rotatable bonds is 4. The Morgan fingerprint density at radius 3 is 2.88 bits per heavy atom. The summed E-state index contributed by atoms with van der Waals surface area (Å²) in [6.07, 6.45) is 2.23. The molecule has 1 fully saturated rings. The second kappa shape index (κ2) is 6.92. The van der Waals surface area contributed by atoms with E-state index in [1.165, 1.54) is 6.07 Å². The molecule has 25 heavy (non-hydrogen) atoms. The zero-order valence-electron chi connectivity index (χ0n) is 14.1. The third-order valence-electron chi connectivity index (χ3n) is 4.71. The van der Waals surface area contributed by atoms with Crippen LogP contribution in [-0.4, -0.2) is 34.8 Å². The Morgan fingerprint density at radius 2 is 2.12 bits per heavy atom. The van der Waals surface area contributed by atoms with E-state index in [-0.39, 0.29) is 5.82 Å². The lowest BCUT2D eigenvalue weighted by Gasteiger charge is -2.31. The van der Waals surface area contributed by atoms with Gasteiger partial charge >= 0.3 is 0 Å². The van der Waals surface area contributed by atoms with Gasteiger partial charge in [-0.25, -0.2) is 4.39 Å². The third-order valence-corrected chi connectivity index (χ3v) is 5.46. The first kappa shape index (κ1) is 16.2. The van der Waals surface area contributed by atoms with Crippen molar-refractivity contribution in [1.29, 1.82) is 0 Å². The van der Waals surface area contributed by atoms with Gasteiger partial charge in [-0.2, -0.15) is 0 Å². The van der Waals surface area contributed by atoms with Gasteiger partial charge in [0.05, 0.1) is 5.52 Å². The van der Waals surface area contributed by atoms with E-state index in [0.29, 0.717) is 5.92 Å². The van der Waals surface area contributed by atoms with Crippen LogP contribution in [0, 0.1) is 18.7 Å². The second-order valence-electron chi connectivity index (χ2n) is 6.51. The fourth-order valence-corrected chi connectivity index (χ4v) is 3.98. The van der Waals surface area contributed by atoms with Crippen molar-refractivity contribution in [2.45, 2.75) is 19.8 Å². The number of hydrogen-bond donors (Lipinski definition) is 1. The normalized spacial score (nSPS) is 15.7. The van der Waals surface area contributed by atoms with E-state index in [2.05, 4.69) is 25.4 Å². The molecule has 1 aliphatic rings. The molecule has 5 nitrogen and oxygen atoms in total. The molecule has 0 unspecified atom stereocenters. The minimum absolute atomic E-state index is 0.230. The Labute approximate surface area is 149 Å². The molecule has 0 amide bonds. The van der Waals surface area contributed by atoms with E-state index in [1.54, 1.807) is 29.0 Å². The highest BCUT2D eigenvalue weighted by molar-refractivity contribution is 7.13. The number of fused-ring (bicyclic) bond motifs is 1. The maximum absolute atomic E-state index is 13.6. The first-order valence-corrected chi connectivity index (χ1v) is 9.39. The highest BCUT2D eigenvalue weighted by atomic mass is 32.1. The molecule has 130 valence electrons. The monoisotopic (exact) mass is 357 g/mol. The summed E-state index contributed by atoms with van der Waals surface area (Å²) in [5.74, 6) is 0.368. The minimum Gasteiger partial charge on any atom is -0.384 e. The zero-order chi connectivity index (χ0) is 17.2. The summed E-state index contributed by atoms with van der Waals surface area (Å²) in [6, 6.07) is 6.76. The van der Waals surface area contributed by atoms with Crippen molar-refractivity contribution in [3.05, 3.63) is 41.3 Å². The predicted octanol–water partition coefficient (Wildman–Crippen LogP) is 3.86. The molecule has 0 atom stereocenters. The van der Waals surface area contributed by atoms with E-state index in [1.807, 2.05) is 13.0 Å². The van der Waals surface area contributed by atoms with Gasteiger partial charge in [0.1, 0.15) is 11.3 Å². The number of nitrogens with zero attached hydrogens (tertiary/aromatic N) is 4. The van der Waals surface area contributed by atoms with Crippen LogP contribution in [0.2, 0.25) is 0 Å². The maximum atomic E-state index is 13.6. The molecule has 7 heteroatoms. The predicted molar refractivity (Wildman–Crippen MR) is 99.8 cm³/mol. The molecule has 1 saturated heterocycles. The molecule has 3 heterocycles. The average molecular weight is 357 g/mol. The van der Waals surface area contributed by atoms with Gasteiger partial charge < -0.3 is 10.2 Å². The van der Waals surface area contributed by atoms with Crippen LogP contribution in [0.4, 0.5) is 15.2 Å². The Hall–Kier alpha value is -2.28. The molecule has 0 spiro atoms. The van der Waals surface area contributed by atoms with Crippen molar-refractivity contribution in [1.82, 2.24) is 15.2 Å². The molecule has 0 saturated carbocycles. The van der Waals surface area contributed by atoms with Crippen molar-refractivity contribution >= 4 is 33.1 Å². The quantitative estimate of drug-likeness (QED) is 0.768. The number of anilines is 2. The van der Waals surface area contributed by atoms with Crippen LogP contribution in [0.5, 0.6) is 0 Å². The van der Waals surface area contributed by atoms with E-state index in [0.717, 1.165) is 59.9 Å². The molecule has 3 aromatic rings. The number of nitrogens with one attached hydrogen (secondary N) is 1. The number of halogens is 1. The molecule has 1 N–H and O–H groups in total. The number of pyridine rings is 1. The van der Waals surface area contributed by atoms with Crippen molar-refractivity contribution in [3.63, 3.8) is 0 Å². The zero-order valence-corrected chi connectivity index (χ0v) is 14.9. The lowest BCUT2D eigenvalue weighted by Crippen LogP contribution is -2.35. The second-order valence-corrected chi connectivity index (χ2v) is 7.32. The SMILES string of the molecule is Cc1cc(NCC2CCN(c3nncs3)CC2)c2cc(F)ccc2n1. The standard InChI is InChI=1S/C18H20FN5S/c1-12-8-17(15-9-14(19)2-3-16(15)22-12)20-10-13-4-6-24(7-5-13)18-23-21-11-25-18/h2-3,8-9,11,13H,4-7,10H2,1H3,(H,20,22). The van der Waals surface area contributed by atoms with E-state index >= 15 is 0 Å². The highest BCUT2D eigenvalue weighted by Crippen LogP contribution is 2.27. The lowest BCUT2D eigenvalue weighted by molar-refractivity contribution is 0.423. The summed E-state index contributed by atoms with van der Waals surface area (Å²) >= 11 is 1.59. The van der Waals surface area contributed by atoms with Crippen molar-refractivity contribution in [2.75, 3.05) is 29.9 Å². The highest BCUT2D eigenvalue weighted by Gasteiger charge is 2.21. The Kier molecular flexibility index (Phi) is 4.48. The molecule has 2 aromatic heterocycles. The fourth-order valence-electron chi connectivity index (χ4n) is 3.36. The van der Waals surface area contributed by atoms with Gasteiger partial charge in [0.2, 0.25) is 5.13 Å². The summed E-state index contributed by atoms with van der Waals surface area (Å²) < 4.78 is 13.6. The Balaban J connectivity index is 1.42. The topological polar surface area (TPSA) is 53.9 Å². The first-order chi connectivity index (χ1) is 12.2. The summed E-state index contributed by atoms with van der Waals surface area (Å²) in [4.78, 5) is 6.79. The van der Waals surface area contributed by atoms with E-state index in [9.17, 15) is 4.39 Å². The number of hydrogen-bond acceptors (Lipinski definition) is 6. The van der Waals surface area contributed by atoms with Crippen LogP contribution in [0.1, 0.15) is 18.5 Å². The van der Waals surface area contributed by atoms with Gasteiger partial charge in [0.25, 0.3) is 0 Å². The maximum Gasteiger partial charge on any atom is 0.208 e. The van der Waals surface area contributed by atoms with E-state index < -0.39 is 0 Å². The van der Waals surface area contributed by atoms with E-state index in [4.69, 9.17) is 0 Å². The van der Waals surface area contributed by atoms with Crippen LogP contribution in [0.25, 0.3) is 10.9 Å². The number of benzene rings is 1. The lowest BCUT2D eigenvalue weighted by atomic mass is 9.97. The first-order valence-electron chi connectivity index (χ1n) is 8.51. The molecule has 0 aliphatic carbocycles. The molecular weight excluding hydrogens is 337 g/mol. The van der Waals surface area contributed by atoms with Gasteiger partial charge in [0.15, 0.2) is 0 Å². The average Bonchev–Trinajstić information content (AvgIpc) is 3.15. The minimum atomic E-state index is -0.230. The summed E-state index contributed by atoms with van der Waals surface area (Å²) in [5, 5.41) is 13.4. The van der Waals surface area contributed by atoms with Crippen LogP contribution >= 0.6 is 11.3 Å². The summed E-state index contributed by atoms with van der Waals surface area (Å²) in [7, 11) is 0. The van der Waals surface area contributed by atoms with Crippen LogP contribution in [0.15, 0.2) is 29.8 Å². The van der Waals surface area contributed by atoms with Gasteiger partial charge in [0, 0.05) is 36.4 Å². The summed E-state index contributed by atoms with van der Waals surface area (Å²) in [5.41, 5.74) is 4.51. The van der Waals surface area contributed by atoms with Crippen LogP contribution in [0.3, 0.4) is 0 Å². The molecule has 0 radical (unpaired) electrons. The van der Waals surface area contributed by atoms with Crippen molar-refractivity contribution < 1.29 is 4.39 Å². The van der Waals surface area contributed by atoms with Crippen LogP contribution < -0.4 is 10.2 Å². The summed E-state index contributed by atoms with van der Waals surface area (Å²) in [6.45, 7) is 4.87. The molecule has 0 bridgehead atoms. The van der Waals surface area contributed by atoms with Crippen molar-refractivity contribution in [3.8, 4) is 0 Å². The van der Waals surface area contributed by atoms with Gasteiger partial charge in [-0.3, -0.25) is 4.98 Å². The number of piperidine rings is 1. The van der Waals surface area contributed by atoms with Gasteiger partial charge in [-0.15, -0.1) is 10.2 Å². The Bertz CT molecular complexity index is 859. The molecule has 1 aliphatic heterocycles. The molecule has 1 aromatic carbocycles. The number of aryl methyl sites for hydroxylation is 1. The Morgan fingerprint density at radius 1 is 1.28 bits per heavy atom. The smallest absolute Gasteiger partial charge is 0.208 e. The number of aromatic nitrogens is 3.